The van der Waals surface area contributed by atoms with Crippen LogP contribution in [0.15, 0.2) is 48.8 Å². The van der Waals surface area contributed by atoms with Crippen LogP contribution in [0.4, 0.5) is 5.69 Å². The van der Waals surface area contributed by atoms with Gasteiger partial charge in [0, 0.05) is 12.1 Å². The van der Waals surface area contributed by atoms with Gasteiger partial charge in [0.2, 0.25) is 5.91 Å². The molecule has 0 bridgehead atoms. The molecule has 1 aromatic carbocycles. The van der Waals surface area contributed by atoms with Gasteiger partial charge in [-0.15, -0.1) is 0 Å². The van der Waals surface area contributed by atoms with E-state index in [0.29, 0.717) is 24.2 Å². The number of nitrogens with zero attached hydrogens (tertiary/aromatic N) is 2. The first kappa shape index (κ1) is 16.9. The summed E-state index contributed by atoms with van der Waals surface area (Å²) in [5.74, 6) is -0.0965. The quantitative estimate of drug-likeness (QED) is 0.736. The minimum Gasteiger partial charge on any atom is -1.00 e. The Bertz CT molecular complexity index is 647. The Kier molecular flexibility index (Phi) is 6.57. The van der Waals surface area contributed by atoms with Gasteiger partial charge in [0.1, 0.15) is 6.07 Å². The molecule has 0 fully saturated rings. The van der Waals surface area contributed by atoms with Gasteiger partial charge in [0.15, 0.2) is 18.9 Å². The molecule has 0 aliphatic carbocycles. The van der Waals surface area contributed by atoms with E-state index in [4.69, 9.17) is 5.26 Å². The van der Waals surface area contributed by atoms with Gasteiger partial charge >= 0.3 is 0 Å². The van der Waals surface area contributed by atoms with Crippen molar-refractivity contribution in [3.63, 3.8) is 0 Å². The summed E-state index contributed by atoms with van der Waals surface area (Å²) in [7, 11) is 0. The van der Waals surface area contributed by atoms with Crippen LogP contribution < -0.4 is 26.9 Å². The van der Waals surface area contributed by atoms with Gasteiger partial charge in [-0.05, 0) is 24.6 Å². The number of carbonyl (C=O) groups is 1. The van der Waals surface area contributed by atoms with Crippen LogP contribution in [0.1, 0.15) is 17.5 Å². The molecule has 0 atom stereocenters. The summed E-state index contributed by atoms with van der Waals surface area (Å²) in [5, 5.41) is 11.7. The summed E-state index contributed by atoms with van der Waals surface area (Å²) in [6.45, 7) is 2.64. The summed E-state index contributed by atoms with van der Waals surface area (Å²) in [5.41, 5.74) is 2.23. The first-order valence-electron chi connectivity index (χ1n) is 6.44. The minimum atomic E-state index is -0.0965. The smallest absolute Gasteiger partial charge is 0.230 e. The fourth-order valence-electron chi connectivity index (χ4n) is 1.81. The number of rotatable bonds is 4. The van der Waals surface area contributed by atoms with Crippen molar-refractivity contribution in [3.05, 3.63) is 59.9 Å². The predicted molar refractivity (Wildman–Crippen MR) is 75.8 cm³/mol. The second-order valence-corrected chi connectivity index (χ2v) is 4.57. The van der Waals surface area contributed by atoms with Crippen molar-refractivity contribution in [2.75, 3.05) is 5.32 Å². The molecule has 21 heavy (non-hydrogen) atoms. The van der Waals surface area contributed by atoms with Crippen LogP contribution >= 0.6 is 0 Å². The molecule has 4 nitrogen and oxygen atoms in total. The maximum atomic E-state index is 11.9. The Hall–Kier alpha value is -2.19. The molecule has 0 unspecified atom stereocenters. The van der Waals surface area contributed by atoms with Crippen molar-refractivity contribution < 1.29 is 26.3 Å². The van der Waals surface area contributed by atoms with Crippen LogP contribution in [0.25, 0.3) is 0 Å². The fourth-order valence-corrected chi connectivity index (χ4v) is 1.81. The molecule has 1 N–H and O–H groups in total. The number of nitrogens with one attached hydrogen (secondary N) is 1. The molecule has 108 valence electrons. The second kappa shape index (κ2) is 8.18. The van der Waals surface area contributed by atoms with E-state index in [2.05, 4.69) is 11.4 Å². The maximum Gasteiger partial charge on any atom is 0.230 e. The number of aromatic nitrogens is 1. The lowest BCUT2D eigenvalue weighted by Crippen LogP contribution is -3.00. The molecule has 0 aliphatic heterocycles. The third-order valence-electron chi connectivity index (χ3n) is 2.98. The van der Waals surface area contributed by atoms with Gasteiger partial charge in [0.25, 0.3) is 0 Å². The molecule has 0 radical (unpaired) electrons. The average molecular weight is 346 g/mol. The monoisotopic (exact) mass is 345 g/mol. The van der Waals surface area contributed by atoms with Gasteiger partial charge < -0.3 is 22.3 Å². The molecule has 0 spiro atoms. The summed E-state index contributed by atoms with van der Waals surface area (Å²) >= 11 is 0. The molecule has 2 aromatic rings. The largest absolute Gasteiger partial charge is 1.00 e. The van der Waals surface area contributed by atoms with Gasteiger partial charge in [-0.2, -0.15) is 5.26 Å². The summed E-state index contributed by atoms with van der Waals surface area (Å²) in [6, 6.07) is 13.1. The molecule has 1 amide bonds. The first-order valence-corrected chi connectivity index (χ1v) is 6.44. The zero-order valence-electron chi connectivity index (χ0n) is 11.7. The summed E-state index contributed by atoms with van der Waals surface area (Å²) < 4.78 is 1.96. The number of hydrogen-bond donors (Lipinski definition) is 1. The van der Waals surface area contributed by atoms with E-state index < -0.39 is 0 Å². The van der Waals surface area contributed by atoms with E-state index in [9.17, 15) is 4.79 Å². The highest BCUT2D eigenvalue weighted by atomic mass is 79.9. The van der Waals surface area contributed by atoms with E-state index >= 15 is 0 Å². The Balaban J connectivity index is 0.00000220. The Morgan fingerprint density at radius 2 is 1.90 bits per heavy atom. The Morgan fingerprint density at radius 1 is 1.24 bits per heavy atom. The molecule has 5 heteroatoms. The second-order valence-electron chi connectivity index (χ2n) is 4.57. The summed E-state index contributed by atoms with van der Waals surface area (Å²) in [4.78, 5) is 11.9. The van der Waals surface area contributed by atoms with Crippen LogP contribution in [0.2, 0.25) is 0 Å². The third kappa shape index (κ3) is 5.01. The summed E-state index contributed by atoms with van der Waals surface area (Å²) in [6.07, 6.45) is 4.27. The average Bonchev–Trinajstić information content (AvgIpc) is 2.47. The number of halogens is 1. The number of anilines is 1. The minimum absolute atomic E-state index is 0. The van der Waals surface area contributed by atoms with Crippen molar-refractivity contribution >= 4 is 11.6 Å². The number of para-hydroxylation sites is 1. The lowest BCUT2D eigenvalue weighted by Gasteiger charge is -2.05. The number of amides is 1. The van der Waals surface area contributed by atoms with Crippen molar-refractivity contribution in [2.45, 2.75) is 19.9 Å². The zero-order chi connectivity index (χ0) is 14.4. The normalized spacial score (nSPS) is 9.33. The lowest BCUT2D eigenvalue weighted by molar-refractivity contribution is -0.695. The topological polar surface area (TPSA) is 56.8 Å². The van der Waals surface area contributed by atoms with Gasteiger partial charge in [0.05, 0.1) is 17.7 Å². The van der Waals surface area contributed by atoms with Crippen molar-refractivity contribution in [3.8, 4) is 6.07 Å². The van der Waals surface area contributed by atoms with E-state index in [0.717, 1.165) is 0 Å². The molecule has 0 aliphatic rings. The highest BCUT2D eigenvalue weighted by Crippen LogP contribution is 2.13. The third-order valence-corrected chi connectivity index (χ3v) is 2.98. The molecular weight excluding hydrogens is 330 g/mol. The van der Waals surface area contributed by atoms with E-state index in [1.807, 2.05) is 36.0 Å². The van der Waals surface area contributed by atoms with Crippen LogP contribution in [-0.2, 0) is 11.3 Å². The van der Waals surface area contributed by atoms with Crippen molar-refractivity contribution in [1.29, 1.82) is 5.26 Å². The number of benzene rings is 1. The SMILES string of the molecule is Cc1cc[n+](CCC(=O)Nc2ccccc2C#N)cc1.[Br-]. The van der Waals surface area contributed by atoms with Crippen LogP contribution in [0.3, 0.4) is 0 Å². The van der Waals surface area contributed by atoms with E-state index in [-0.39, 0.29) is 22.9 Å². The van der Waals surface area contributed by atoms with Crippen molar-refractivity contribution in [1.82, 2.24) is 0 Å². The molecule has 1 aromatic heterocycles. The fraction of sp³-hybridized carbons (Fsp3) is 0.188. The molecule has 0 saturated heterocycles. The number of pyridine rings is 1. The highest BCUT2D eigenvalue weighted by molar-refractivity contribution is 5.91. The first-order chi connectivity index (χ1) is 9.69. The van der Waals surface area contributed by atoms with Crippen LogP contribution in [-0.4, -0.2) is 5.91 Å². The number of hydrogen-bond acceptors (Lipinski definition) is 2. The maximum absolute atomic E-state index is 11.9. The van der Waals surface area contributed by atoms with Crippen LogP contribution in [0.5, 0.6) is 0 Å². The number of nitriles is 1. The van der Waals surface area contributed by atoms with Crippen molar-refractivity contribution in [2.24, 2.45) is 0 Å². The number of carbonyl (C=O) groups excluding carboxylic acids is 1. The van der Waals surface area contributed by atoms with Gasteiger partial charge in [-0.1, -0.05) is 12.1 Å². The van der Waals surface area contributed by atoms with Gasteiger partial charge in [-0.25, -0.2) is 4.57 Å². The predicted octanol–water partition coefficient (Wildman–Crippen LogP) is -0.813. The highest BCUT2D eigenvalue weighted by Gasteiger charge is 2.09. The standard InChI is InChI=1S/C16H15N3O.BrH/c1-13-6-9-19(10-7-13)11-8-16(20)18-15-5-3-2-4-14(15)12-17;/h2-7,9-10H,8,11H2,1H3;1H. The van der Waals surface area contributed by atoms with E-state index in [1.54, 1.807) is 24.3 Å². The molecule has 1 heterocycles. The Labute approximate surface area is 134 Å². The van der Waals surface area contributed by atoms with E-state index in [1.165, 1.54) is 5.56 Å². The zero-order valence-corrected chi connectivity index (χ0v) is 13.3. The van der Waals surface area contributed by atoms with Gasteiger partial charge in [-0.3, -0.25) is 4.79 Å². The number of aryl methyl sites for hydroxylation is 2. The lowest BCUT2D eigenvalue weighted by atomic mass is 10.2. The van der Waals surface area contributed by atoms with Crippen LogP contribution in [0, 0.1) is 18.3 Å². The molecular formula is C16H16BrN3O. The molecule has 2 rings (SSSR count). The molecule has 0 saturated carbocycles. The Morgan fingerprint density at radius 3 is 2.57 bits per heavy atom.